The smallest absolute Gasteiger partial charge is 0.414 e. The summed E-state index contributed by atoms with van der Waals surface area (Å²) in [5, 5.41) is 8.94. The topological polar surface area (TPSA) is 49.8 Å². The van der Waals surface area contributed by atoms with Crippen molar-refractivity contribution >= 4 is 11.8 Å². The number of aliphatic hydroxyl groups excluding tert-OH is 1. The number of aliphatic hydroxyl groups is 1. The minimum atomic E-state index is -0.408. The number of hydrogen-bond acceptors (Lipinski definition) is 3. The number of cyclic esters (lactones) is 1. The first-order valence-corrected chi connectivity index (χ1v) is 5.28. The molecule has 1 aromatic rings. The first-order valence-electron chi connectivity index (χ1n) is 5.28. The van der Waals surface area contributed by atoms with Gasteiger partial charge in [-0.1, -0.05) is 6.07 Å². The van der Waals surface area contributed by atoms with Gasteiger partial charge in [0.1, 0.15) is 6.10 Å². The number of aryl methyl sites for hydroxylation is 2. The minimum absolute atomic E-state index is 0.132. The summed E-state index contributed by atoms with van der Waals surface area (Å²) in [6.45, 7) is 4.31. The molecule has 1 N–H and O–H groups in total. The molecule has 0 bridgehead atoms. The van der Waals surface area contributed by atoms with Gasteiger partial charge in [0.2, 0.25) is 0 Å². The molecule has 1 fully saturated rings. The Morgan fingerprint density at radius 3 is 2.75 bits per heavy atom. The molecular formula is C12H15NO3. The molecule has 0 aliphatic carbocycles. The predicted octanol–water partition coefficient (Wildman–Crippen LogP) is 1.62. The van der Waals surface area contributed by atoms with Crippen molar-refractivity contribution in [1.82, 2.24) is 0 Å². The molecular weight excluding hydrogens is 206 g/mol. The van der Waals surface area contributed by atoms with Gasteiger partial charge in [0.25, 0.3) is 0 Å². The summed E-state index contributed by atoms with van der Waals surface area (Å²) in [6.07, 6.45) is -0.795. The van der Waals surface area contributed by atoms with E-state index in [1.165, 1.54) is 5.56 Å². The maximum Gasteiger partial charge on any atom is 0.414 e. The molecule has 1 atom stereocenters. The third-order valence-corrected chi connectivity index (χ3v) is 2.88. The van der Waals surface area contributed by atoms with Gasteiger partial charge in [-0.2, -0.15) is 0 Å². The Kier molecular flexibility index (Phi) is 2.83. The lowest BCUT2D eigenvalue weighted by Gasteiger charge is -2.14. The van der Waals surface area contributed by atoms with Crippen molar-refractivity contribution in [2.45, 2.75) is 20.0 Å². The Labute approximate surface area is 94.4 Å². The molecule has 4 nitrogen and oxygen atoms in total. The van der Waals surface area contributed by atoms with Crippen molar-refractivity contribution < 1.29 is 14.6 Å². The van der Waals surface area contributed by atoms with Crippen LogP contribution in [0.1, 0.15) is 11.1 Å². The average Bonchev–Trinajstić information content (AvgIpc) is 2.64. The van der Waals surface area contributed by atoms with Crippen molar-refractivity contribution in [1.29, 1.82) is 0 Å². The molecule has 0 radical (unpaired) electrons. The van der Waals surface area contributed by atoms with Crippen LogP contribution in [0.5, 0.6) is 0 Å². The summed E-state index contributed by atoms with van der Waals surface area (Å²) in [5.74, 6) is 0. The van der Waals surface area contributed by atoms with E-state index in [-0.39, 0.29) is 12.7 Å². The van der Waals surface area contributed by atoms with Crippen LogP contribution in [-0.2, 0) is 4.74 Å². The highest BCUT2D eigenvalue weighted by molar-refractivity contribution is 5.89. The van der Waals surface area contributed by atoms with Crippen LogP contribution >= 0.6 is 0 Å². The Morgan fingerprint density at radius 1 is 1.44 bits per heavy atom. The van der Waals surface area contributed by atoms with E-state index in [1.54, 1.807) is 4.90 Å². The lowest BCUT2D eigenvalue weighted by molar-refractivity contribution is 0.0963. The van der Waals surface area contributed by atoms with Gasteiger partial charge in [-0.15, -0.1) is 0 Å². The van der Waals surface area contributed by atoms with Crippen molar-refractivity contribution in [2.75, 3.05) is 18.1 Å². The zero-order valence-corrected chi connectivity index (χ0v) is 9.43. The Hall–Kier alpha value is -1.55. The van der Waals surface area contributed by atoms with Crippen LogP contribution in [0.15, 0.2) is 18.2 Å². The normalized spacial score (nSPS) is 20.1. The molecule has 86 valence electrons. The molecule has 0 saturated carbocycles. The summed E-state index contributed by atoms with van der Waals surface area (Å²) in [4.78, 5) is 13.1. The highest BCUT2D eigenvalue weighted by Gasteiger charge is 2.31. The van der Waals surface area contributed by atoms with E-state index in [2.05, 4.69) is 0 Å². The third kappa shape index (κ3) is 1.88. The Morgan fingerprint density at radius 2 is 2.19 bits per heavy atom. The molecule has 1 aliphatic rings. The SMILES string of the molecule is Cc1ccc(N2CC(CO)OC2=O)cc1C. The quantitative estimate of drug-likeness (QED) is 0.825. The molecule has 1 heterocycles. The number of amides is 1. The first-order chi connectivity index (χ1) is 7.61. The molecule has 1 amide bonds. The van der Waals surface area contributed by atoms with Crippen LogP contribution in [-0.4, -0.2) is 30.5 Å². The number of hydrogen-bond donors (Lipinski definition) is 1. The van der Waals surface area contributed by atoms with Crippen LogP contribution in [0.3, 0.4) is 0 Å². The fraction of sp³-hybridized carbons (Fsp3) is 0.417. The molecule has 1 unspecified atom stereocenters. The first kappa shape index (κ1) is 11.0. The standard InChI is InChI=1S/C12H15NO3/c1-8-3-4-10(5-9(8)2)13-6-11(7-14)16-12(13)15/h3-5,11,14H,6-7H2,1-2H3. The minimum Gasteiger partial charge on any atom is -0.441 e. The van der Waals surface area contributed by atoms with Crippen LogP contribution in [0.2, 0.25) is 0 Å². The van der Waals surface area contributed by atoms with Gasteiger partial charge in [0.05, 0.1) is 13.2 Å². The number of anilines is 1. The Bertz CT molecular complexity index is 417. The number of nitrogens with zero attached hydrogens (tertiary/aromatic N) is 1. The molecule has 0 spiro atoms. The fourth-order valence-corrected chi connectivity index (χ4v) is 1.72. The van der Waals surface area contributed by atoms with Gasteiger partial charge in [0, 0.05) is 5.69 Å². The molecule has 0 aromatic heterocycles. The van der Waals surface area contributed by atoms with E-state index in [9.17, 15) is 4.79 Å². The van der Waals surface area contributed by atoms with Crippen LogP contribution in [0.25, 0.3) is 0 Å². The van der Waals surface area contributed by atoms with Gasteiger partial charge < -0.3 is 9.84 Å². The highest BCUT2D eigenvalue weighted by atomic mass is 16.6. The molecule has 1 aliphatic heterocycles. The van der Waals surface area contributed by atoms with Gasteiger partial charge in [0.15, 0.2) is 0 Å². The van der Waals surface area contributed by atoms with E-state index < -0.39 is 6.10 Å². The van der Waals surface area contributed by atoms with E-state index in [0.717, 1.165) is 11.3 Å². The maximum atomic E-state index is 11.5. The maximum absolute atomic E-state index is 11.5. The van der Waals surface area contributed by atoms with E-state index >= 15 is 0 Å². The summed E-state index contributed by atoms with van der Waals surface area (Å²) in [6, 6.07) is 5.82. The molecule has 16 heavy (non-hydrogen) atoms. The van der Waals surface area contributed by atoms with E-state index in [4.69, 9.17) is 9.84 Å². The van der Waals surface area contributed by atoms with Crippen LogP contribution in [0.4, 0.5) is 10.5 Å². The molecule has 2 rings (SSSR count). The largest absolute Gasteiger partial charge is 0.441 e. The number of benzene rings is 1. The molecule has 4 heteroatoms. The van der Waals surface area contributed by atoms with Gasteiger partial charge in [-0.05, 0) is 37.1 Å². The Balaban J connectivity index is 2.24. The lowest BCUT2D eigenvalue weighted by atomic mass is 10.1. The average molecular weight is 221 g/mol. The molecule has 1 saturated heterocycles. The number of carbonyl (C=O) groups is 1. The number of carbonyl (C=O) groups excluding carboxylic acids is 1. The monoisotopic (exact) mass is 221 g/mol. The fourth-order valence-electron chi connectivity index (χ4n) is 1.72. The summed E-state index contributed by atoms with van der Waals surface area (Å²) >= 11 is 0. The van der Waals surface area contributed by atoms with Crippen molar-refractivity contribution in [2.24, 2.45) is 0 Å². The van der Waals surface area contributed by atoms with E-state index in [1.807, 2.05) is 32.0 Å². The van der Waals surface area contributed by atoms with Gasteiger partial charge in [-0.25, -0.2) is 4.79 Å². The van der Waals surface area contributed by atoms with Crippen LogP contribution < -0.4 is 4.90 Å². The van der Waals surface area contributed by atoms with Crippen LogP contribution in [0, 0.1) is 13.8 Å². The third-order valence-electron chi connectivity index (χ3n) is 2.88. The number of rotatable bonds is 2. The molecule has 1 aromatic carbocycles. The van der Waals surface area contributed by atoms with Gasteiger partial charge >= 0.3 is 6.09 Å². The van der Waals surface area contributed by atoms with Gasteiger partial charge in [-0.3, -0.25) is 4.90 Å². The summed E-state index contributed by atoms with van der Waals surface area (Å²) in [5.41, 5.74) is 3.15. The number of ether oxygens (including phenoxy) is 1. The summed E-state index contributed by atoms with van der Waals surface area (Å²) < 4.78 is 4.98. The highest BCUT2D eigenvalue weighted by Crippen LogP contribution is 2.23. The zero-order chi connectivity index (χ0) is 11.7. The van der Waals surface area contributed by atoms with Crippen molar-refractivity contribution in [3.8, 4) is 0 Å². The lowest BCUT2D eigenvalue weighted by Crippen LogP contribution is -2.25. The second-order valence-corrected chi connectivity index (χ2v) is 4.07. The van der Waals surface area contributed by atoms with Crippen molar-refractivity contribution in [3.05, 3.63) is 29.3 Å². The second kappa shape index (κ2) is 4.14. The van der Waals surface area contributed by atoms with Crippen molar-refractivity contribution in [3.63, 3.8) is 0 Å². The zero-order valence-electron chi connectivity index (χ0n) is 9.43. The summed E-state index contributed by atoms with van der Waals surface area (Å²) in [7, 11) is 0. The van der Waals surface area contributed by atoms with E-state index in [0.29, 0.717) is 6.54 Å². The predicted molar refractivity (Wildman–Crippen MR) is 60.6 cm³/mol. The second-order valence-electron chi connectivity index (χ2n) is 4.07.